The van der Waals surface area contributed by atoms with Gasteiger partial charge in [0.25, 0.3) is 0 Å². The Hall–Kier alpha value is -1.39. The molecule has 0 amide bonds. The van der Waals surface area contributed by atoms with E-state index in [0.29, 0.717) is 12.0 Å². The molecule has 18 heavy (non-hydrogen) atoms. The van der Waals surface area contributed by atoms with E-state index in [1.807, 2.05) is 0 Å². The van der Waals surface area contributed by atoms with Gasteiger partial charge in [0.2, 0.25) is 11.9 Å². The van der Waals surface area contributed by atoms with Crippen molar-refractivity contribution in [3.8, 4) is 0 Å². The topological polar surface area (TPSA) is 67.9 Å². The molecule has 0 aliphatic heterocycles. The van der Waals surface area contributed by atoms with Gasteiger partial charge in [0.1, 0.15) is 5.82 Å². The number of nitrogen functional groups attached to an aromatic ring is 1. The summed E-state index contributed by atoms with van der Waals surface area (Å²) in [5, 5.41) is 0. The highest BCUT2D eigenvalue weighted by molar-refractivity contribution is 5.36. The van der Waals surface area contributed by atoms with Gasteiger partial charge < -0.3 is 10.6 Å². The summed E-state index contributed by atoms with van der Waals surface area (Å²) in [5.74, 6) is 1.93. The Balaban J connectivity index is 2.23. The van der Waals surface area contributed by atoms with Gasteiger partial charge in [-0.1, -0.05) is 19.8 Å². The van der Waals surface area contributed by atoms with Crippen LogP contribution in [0.15, 0.2) is 0 Å². The van der Waals surface area contributed by atoms with E-state index in [4.69, 9.17) is 5.73 Å². The van der Waals surface area contributed by atoms with Crippen LogP contribution in [0, 0.1) is 0 Å². The number of rotatable bonds is 5. The first-order chi connectivity index (χ1) is 8.74. The molecule has 1 aliphatic rings. The predicted molar refractivity (Wildman–Crippen MR) is 73.5 cm³/mol. The summed E-state index contributed by atoms with van der Waals surface area (Å²) in [4.78, 5) is 15.4. The Morgan fingerprint density at radius 1 is 1.17 bits per heavy atom. The second-order valence-electron chi connectivity index (χ2n) is 4.88. The van der Waals surface area contributed by atoms with Crippen LogP contribution in [0.5, 0.6) is 0 Å². The second kappa shape index (κ2) is 5.98. The molecule has 1 aromatic rings. The normalized spacial score (nSPS) is 16.1. The second-order valence-corrected chi connectivity index (χ2v) is 4.88. The molecule has 0 atom stereocenters. The van der Waals surface area contributed by atoms with Crippen molar-refractivity contribution in [3.05, 3.63) is 5.82 Å². The highest BCUT2D eigenvalue weighted by Crippen LogP contribution is 2.26. The zero-order valence-electron chi connectivity index (χ0n) is 11.4. The van der Waals surface area contributed by atoms with Gasteiger partial charge in [-0.3, -0.25) is 0 Å². The number of nitrogens with zero attached hydrogens (tertiary/aromatic N) is 4. The lowest BCUT2D eigenvalue weighted by Gasteiger charge is -2.27. The van der Waals surface area contributed by atoms with Gasteiger partial charge in [0, 0.05) is 19.0 Å². The van der Waals surface area contributed by atoms with E-state index in [0.717, 1.165) is 31.2 Å². The maximum Gasteiger partial charge on any atom is 0.230 e. The van der Waals surface area contributed by atoms with Crippen molar-refractivity contribution in [1.82, 2.24) is 15.0 Å². The molecular weight excluding hydrogens is 226 g/mol. The number of aryl methyl sites for hydroxylation is 1. The fourth-order valence-corrected chi connectivity index (χ4v) is 2.67. The average Bonchev–Trinajstić information content (AvgIpc) is 2.83. The molecule has 0 saturated heterocycles. The fraction of sp³-hybridized carbons (Fsp3) is 0.769. The van der Waals surface area contributed by atoms with Crippen LogP contribution in [-0.4, -0.2) is 27.5 Å². The van der Waals surface area contributed by atoms with Gasteiger partial charge in [-0.05, 0) is 26.2 Å². The first-order valence-corrected chi connectivity index (χ1v) is 7.01. The molecule has 2 N–H and O–H groups in total. The first-order valence-electron chi connectivity index (χ1n) is 7.01. The largest absolute Gasteiger partial charge is 0.368 e. The zero-order chi connectivity index (χ0) is 13.0. The molecule has 1 heterocycles. The van der Waals surface area contributed by atoms with Crippen LogP contribution in [0.4, 0.5) is 11.9 Å². The van der Waals surface area contributed by atoms with Crippen molar-refractivity contribution in [2.45, 2.75) is 58.4 Å². The molecule has 0 bridgehead atoms. The highest BCUT2D eigenvalue weighted by atomic mass is 15.3. The van der Waals surface area contributed by atoms with Gasteiger partial charge in [-0.25, -0.2) is 0 Å². The van der Waals surface area contributed by atoms with Crippen LogP contribution in [0.3, 0.4) is 0 Å². The Labute approximate surface area is 109 Å². The van der Waals surface area contributed by atoms with Crippen molar-refractivity contribution in [1.29, 1.82) is 0 Å². The van der Waals surface area contributed by atoms with Crippen molar-refractivity contribution in [3.63, 3.8) is 0 Å². The van der Waals surface area contributed by atoms with Crippen LogP contribution in [-0.2, 0) is 6.42 Å². The fourth-order valence-electron chi connectivity index (χ4n) is 2.67. The predicted octanol–water partition coefficient (Wildman–Crippen LogP) is 2.18. The highest BCUT2D eigenvalue weighted by Gasteiger charge is 2.24. The van der Waals surface area contributed by atoms with Crippen molar-refractivity contribution in [2.24, 2.45) is 0 Å². The lowest BCUT2D eigenvalue weighted by Crippen LogP contribution is -2.35. The van der Waals surface area contributed by atoms with Crippen LogP contribution in [0.25, 0.3) is 0 Å². The van der Waals surface area contributed by atoms with Gasteiger partial charge in [0.05, 0.1) is 0 Å². The summed E-state index contributed by atoms with van der Waals surface area (Å²) < 4.78 is 0. The quantitative estimate of drug-likeness (QED) is 0.866. The number of hydrogen-bond donors (Lipinski definition) is 1. The maximum atomic E-state index is 5.79. The number of aromatic nitrogens is 3. The molecule has 1 saturated carbocycles. The average molecular weight is 249 g/mol. The molecule has 5 nitrogen and oxygen atoms in total. The van der Waals surface area contributed by atoms with E-state index >= 15 is 0 Å². The molecule has 1 aliphatic carbocycles. The molecule has 100 valence electrons. The minimum atomic E-state index is 0.347. The number of nitrogens with two attached hydrogens (primary N) is 1. The van der Waals surface area contributed by atoms with E-state index in [-0.39, 0.29) is 0 Å². The van der Waals surface area contributed by atoms with Gasteiger partial charge in [0.15, 0.2) is 0 Å². The molecule has 0 radical (unpaired) electrons. The standard InChI is InChI=1S/C13H23N5/c1-3-7-11-15-12(14)17-13(16-11)18(4-2)10-8-5-6-9-10/h10H,3-9H2,1-2H3,(H2,14,15,16,17). The van der Waals surface area contributed by atoms with Crippen LogP contribution in [0.1, 0.15) is 51.8 Å². The van der Waals surface area contributed by atoms with Gasteiger partial charge >= 0.3 is 0 Å². The molecule has 2 rings (SSSR count). The third-order valence-electron chi connectivity index (χ3n) is 3.52. The first kappa shape index (κ1) is 13.1. The van der Waals surface area contributed by atoms with Crippen LogP contribution < -0.4 is 10.6 Å². The monoisotopic (exact) mass is 249 g/mol. The SMILES string of the molecule is CCCc1nc(N)nc(N(CC)C2CCCC2)n1. The van der Waals surface area contributed by atoms with E-state index in [1.165, 1.54) is 25.7 Å². The summed E-state index contributed by atoms with van der Waals surface area (Å²) >= 11 is 0. The van der Waals surface area contributed by atoms with Gasteiger partial charge in [-0.2, -0.15) is 15.0 Å². The van der Waals surface area contributed by atoms with Crippen LogP contribution in [0.2, 0.25) is 0 Å². The van der Waals surface area contributed by atoms with Crippen molar-refractivity contribution < 1.29 is 0 Å². The van der Waals surface area contributed by atoms with E-state index in [1.54, 1.807) is 0 Å². The Bertz CT molecular complexity index is 387. The maximum absolute atomic E-state index is 5.79. The molecule has 0 aromatic carbocycles. The molecular formula is C13H23N5. The Morgan fingerprint density at radius 3 is 2.50 bits per heavy atom. The van der Waals surface area contributed by atoms with Crippen molar-refractivity contribution in [2.75, 3.05) is 17.2 Å². The molecule has 0 unspecified atom stereocenters. The van der Waals surface area contributed by atoms with Crippen LogP contribution >= 0.6 is 0 Å². The van der Waals surface area contributed by atoms with Gasteiger partial charge in [-0.15, -0.1) is 0 Å². The molecule has 5 heteroatoms. The molecule has 1 aromatic heterocycles. The number of hydrogen-bond acceptors (Lipinski definition) is 5. The van der Waals surface area contributed by atoms with E-state index in [2.05, 4.69) is 33.7 Å². The third-order valence-corrected chi connectivity index (χ3v) is 3.52. The third kappa shape index (κ3) is 2.89. The summed E-state index contributed by atoms with van der Waals surface area (Å²) in [6.07, 6.45) is 6.98. The minimum Gasteiger partial charge on any atom is -0.368 e. The minimum absolute atomic E-state index is 0.347. The molecule has 0 spiro atoms. The van der Waals surface area contributed by atoms with E-state index in [9.17, 15) is 0 Å². The van der Waals surface area contributed by atoms with E-state index < -0.39 is 0 Å². The lowest BCUT2D eigenvalue weighted by molar-refractivity contribution is 0.601. The Kier molecular flexibility index (Phi) is 4.33. The molecule has 1 fully saturated rings. The summed E-state index contributed by atoms with van der Waals surface area (Å²) in [6, 6.07) is 0.575. The summed E-state index contributed by atoms with van der Waals surface area (Å²) in [7, 11) is 0. The van der Waals surface area contributed by atoms with Crippen molar-refractivity contribution >= 4 is 11.9 Å². The smallest absolute Gasteiger partial charge is 0.230 e. The Morgan fingerprint density at radius 2 is 1.89 bits per heavy atom. The summed E-state index contributed by atoms with van der Waals surface area (Å²) in [5.41, 5.74) is 5.79. The summed E-state index contributed by atoms with van der Waals surface area (Å²) in [6.45, 7) is 5.20. The lowest BCUT2D eigenvalue weighted by atomic mass is 10.2. The zero-order valence-corrected chi connectivity index (χ0v) is 11.4. The number of anilines is 2.